The summed E-state index contributed by atoms with van der Waals surface area (Å²) in [6.07, 6.45) is -0.675. The topological polar surface area (TPSA) is 57.3 Å². The van der Waals surface area contributed by atoms with E-state index >= 15 is 0 Å². The van der Waals surface area contributed by atoms with E-state index in [1.807, 2.05) is 53.4 Å². The lowest BCUT2D eigenvalue weighted by Crippen LogP contribution is -2.38. The van der Waals surface area contributed by atoms with Gasteiger partial charge in [-0.1, -0.05) is 12.1 Å². The van der Waals surface area contributed by atoms with Crippen molar-refractivity contribution in [1.82, 2.24) is 10.3 Å². The van der Waals surface area contributed by atoms with Gasteiger partial charge in [-0.15, -0.1) is 0 Å². The molecule has 0 spiro atoms. The molecule has 1 aromatic heterocycles. The third-order valence-electron chi connectivity index (χ3n) is 5.81. The highest BCUT2D eigenvalue weighted by Crippen LogP contribution is 2.35. The fourth-order valence-corrected chi connectivity index (χ4v) is 3.87. The van der Waals surface area contributed by atoms with Gasteiger partial charge in [0.05, 0.1) is 11.5 Å². The molecule has 0 saturated carbocycles. The summed E-state index contributed by atoms with van der Waals surface area (Å²) >= 11 is 0. The van der Waals surface area contributed by atoms with Gasteiger partial charge in [0.2, 0.25) is 0 Å². The molecule has 4 rings (SSSR count). The minimum atomic E-state index is -4.10. The average molecular weight is 454 g/mol. The number of piperidine rings is 1. The molecular weight excluding hydrogens is 429 g/mol. The summed E-state index contributed by atoms with van der Waals surface area (Å²) in [5.41, 5.74) is 4.21. The summed E-state index contributed by atoms with van der Waals surface area (Å²) in [5.74, 6) is -1.37. The van der Waals surface area contributed by atoms with Gasteiger partial charge in [-0.25, -0.2) is 0 Å². The molecule has 0 unspecified atom stereocenters. The van der Waals surface area contributed by atoms with Gasteiger partial charge < -0.3 is 15.5 Å². The number of alkyl halides is 3. The third kappa shape index (κ3) is 6.03. The van der Waals surface area contributed by atoms with Crippen LogP contribution in [0.15, 0.2) is 73.1 Å². The molecule has 33 heavy (non-hydrogen) atoms. The first-order valence-corrected chi connectivity index (χ1v) is 10.8. The summed E-state index contributed by atoms with van der Waals surface area (Å²) < 4.78 is 38.6. The molecular formula is C25H25F3N4O. The van der Waals surface area contributed by atoms with Crippen LogP contribution in [0.25, 0.3) is 0 Å². The zero-order chi connectivity index (χ0) is 23.3. The number of benzene rings is 2. The lowest BCUT2D eigenvalue weighted by molar-refractivity contribution is -0.179. The summed E-state index contributed by atoms with van der Waals surface area (Å²) in [6, 6.07) is 18.9. The molecule has 0 bridgehead atoms. The van der Waals surface area contributed by atoms with Crippen molar-refractivity contribution in [2.75, 3.05) is 23.3 Å². The van der Waals surface area contributed by atoms with Gasteiger partial charge in [0.15, 0.2) is 0 Å². The molecule has 1 fully saturated rings. The lowest BCUT2D eigenvalue weighted by atomic mass is 9.96. The van der Waals surface area contributed by atoms with Crippen LogP contribution >= 0.6 is 0 Å². The zero-order valence-electron chi connectivity index (χ0n) is 18.0. The zero-order valence-corrected chi connectivity index (χ0v) is 18.0. The molecule has 0 aliphatic carbocycles. The van der Waals surface area contributed by atoms with Crippen molar-refractivity contribution in [3.8, 4) is 0 Å². The molecule has 1 aliphatic rings. The second kappa shape index (κ2) is 9.94. The van der Waals surface area contributed by atoms with Crippen molar-refractivity contribution in [3.63, 3.8) is 0 Å². The highest BCUT2D eigenvalue weighted by Gasteiger charge is 2.41. The largest absolute Gasteiger partial charge is 0.391 e. The van der Waals surface area contributed by atoms with E-state index in [0.717, 1.165) is 22.6 Å². The van der Waals surface area contributed by atoms with Crippen molar-refractivity contribution in [1.29, 1.82) is 0 Å². The summed E-state index contributed by atoms with van der Waals surface area (Å²) in [5, 5.41) is 6.18. The van der Waals surface area contributed by atoms with Crippen LogP contribution in [-0.2, 0) is 6.54 Å². The summed E-state index contributed by atoms with van der Waals surface area (Å²) in [6.45, 7) is 1.24. The van der Waals surface area contributed by atoms with Gasteiger partial charge in [0.25, 0.3) is 5.91 Å². The number of carbonyl (C=O) groups is 1. The van der Waals surface area contributed by atoms with Crippen LogP contribution in [0, 0.1) is 5.92 Å². The van der Waals surface area contributed by atoms with Crippen molar-refractivity contribution in [2.45, 2.75) is 25.6 Å². The minimum Gasteiger partial charge on any atom is -0.372 e. The molecule has 2 aromatic carbocycles. The smallest absolute Gasteiger partial charge is 0.372 e. The van der Waals surface area contributed by atoms with Crippen molar-refractivity contribution in [3.05, 3.63) is 84.2 Å². The van der Waals surface area contributed by atoms with Gasteiger partial charge in [0, 0.05) is 49.1 Å². The van der Waals surface area contributed by atoms with Gasteiger partial charge in [-0.05, 0) is 66.9 Å². The number of aromatic nitrogens is 1. The minimum absolute atomic E-state index is 0.137. The molecule has 0 atom stereocenters. The molecule has 2 heterocycles. The fraction of sp³-hybridized carbons (Fsp3) is 0.280. The van der Waals surface area contributed by atoms with Crippen LogP contribution in [0.2, 0.25) is 0 Å². The van der Waals surface area contributed by atoms with Crippen LogP contribution in [0.5, 0.6) is 0 Å². The Morgan fingerprint density at radius 3 is 2.18 bits per heavy atom. The van der Waals surface area contributed by atoms with Crippen molar-refractivity contribution < 1.29 is 18.0 Å². The number of pyridine rings is 1. The van der Waals surface area contributed by atoms with Crippen LogP contribution < -0.4 is 15.5 Å². The van der Waals surface area contributed by atoms with Gasteiger partial charge >= 0.3 is 6.18 Å². The number of halogens is 3. The van der Waals surface area contributed by atoms with E-state index in [9.17, 15) is 18.0 Å². The molecule has 2 N–H and O–H groups in total. The molecule has 0 radical (unpaired) electrons. The second-order valence-corrected chi connectivity index (χ2v) is 8.10. The Bertz CT molecular complexity index is 1050. The van der Waals surface area contributed by atoms with Crippen LogP contribution in [0.4, 0.5) is 30.2 Å². The number of nitrogens with zero attached hydrogens (tertiary/aromatic N) is 2. The first kappa shape index (κ1) is 22.6. The van der Waals surface area contributed by atoms with E-state index in [1.165, 1.54) is 6.20 Å². The van der Waals surface area contributed by atoms with Crippen LogP contribution in [0.3, 0.4) is 0 Å². The Hall–Kier alpha value is -3.55. The van der Waals surface area contributed by atoms with Gasteiger partial charge in [-0.2, -0.15) is 13.2 Å². The molecule has 172 valence electrons. The second-order valence-electron chi connectivity index (χ2n) is 8.10. The van der Waals surface area contributed by atoms with E-state index in [1.54, 1.807) is 18.3 Å². The maximum atomic E-state index is 12.9. The predicted molar refractivity (Wildman–Crippen MR) is 123 cm³/mol. The van der Waals surface area contributed by atoms with Gasteiger partial charge in [0.1, 0.15) is 0 Å². The maximum absolute atomic E-state index is 12.9. The molecule has 8 heteroatoms. The SMILES string of the molecule is O=C(NCc1ccc(Nc2ccc(N3CCC(C(F)(F)F)CC3)cc2)cc1)c1cccnc1. The molecule has 1 aliphatic heterocycles. The first-order valence-electron chi connectivity index (χ1n) is 10.8. The summed E-state index contributed by atoms with van der Waals surface area (Å²) in [7, 11) is 0. The predicted octanol–water partition coefficient (Wildman–Crippen LogP) is 5.53. The molecule has 3 aromatic rings. The highest BCUT2D eigenvalue weighted by molar-refractivity contribution is 5.93. The summed E-state index contributed by atoms with van der Waals surface area (Å²) in [4.78, 5) is 18.1. The number of carbonyl (C=O) groups excluding carboxylic acids is 1. The Morgan fingerprint density at radius 2 is 1.61 bits per heavy atom. The van der Waals surface area contributed by atoms with E-state index in [0.29, 0.717) is 25.2 Å². The Balaban J connectivity index is 1.27. The van der Waals surface area contributed by atoms with Gasteiger partial charge in [-0.3, -0.25) is 9.78 Å². The Labute approximate surface area is 190 Å². The first-order chi connectivity index (χ1) is 15.9. The van der Waals surface area contributed by atoms with Crippen molar-refractivity contribution in [2.24, 2.45) is 5.92 Å². The van der Waals surface area contributed by atoms with Crippen molar-refractivity contribution >= 4 is 23.0 Å². The highest BCUT2D eigenvalue weighted by atomic mass is 19.4. The quantitative estimate of drug-likeness (QED) is 0.514. The van der Waals surface area contributed by atoms with E-state index in [-0.39, 0.29) is 18.7 Å². The standard InChI is InChI=1S/C25H25F3N4O/c26-25(27,28)20-11-14-32(15-12-20)23-9-7-22(8-10-23)31-21-5-3-18(4-6-21)16-30-24(33)19-2-1-13-29-17-19/h1-10,13,17,20,31H,11-12,14-16H2,(H,30,33). The number of hydrogen-bond acceptors (Lipinski definition) is 4. The number of nitrogens with one attached hydrogen (secondary N) is 2. The monoisotopic (exact) mass is 454 g/mol. The lowest BCUT2D eigenvalue weighted by Gasteiger charge is -2.34. The number of hydrogen-bond donors (Lipinski definition) is 2. The van der Waals surface area contributed by atoms with Crippen LogP contribution in [-0.4, -0.2) is 30.2 Å². The maximum Gasteiger partial charge on any atom is 0.391 e. The fourth-order valence-electron chi connectivity index (χ4n) is 3.87. The molecule has 1 amide bonds. The number of rotatable bonds is 6. The number of anilines is 3. The van der Waals surface area contributed by atoms with E-state index in [4.69, 9.17) is 0 Å². The van der Waals surface area contributed by atoms with E-state index in [2.05, 4.69) is 15.6 Å². The van der Waals surface area contributed by atoms with E-state index < -0.39 is 12.1 Å². The normalized spacial score (nSPS) is 14.7. The molecule has 1 saturated heterocycles. The number of amides is 1. The average Bonchev–Trinajstić information content (AvgIpc) is 2.84. The van der Waals surface area contributed by atoms with Crippen LogP contribution in [0.1, 0.15) is 28.8 Å². The third-order valence-corrected chi connectivity index (χ3v) is 5.81. The molecule has 5 nitrogen and oxygen atoms in total. The Kier molecular flexibility index (Phi) is 6.82. The Morgan fingerprint density at radius 1 is 0.970 bits per heavy atom.